The normalized spacial score (nSPS) is 19.5. The first kappa shape index (κ1) is 13.8. The predicted octanol–water partition coefficient (Wildman–Crippen LogP) is 1.19. The van der Waals surface area contributed by atoms with Gasteiger partial charge in [0.05, 0.1) is 12.2 Å². The van der Waals surface area contributed by atoms with Crippen LogP contribution >= 0.6 is 0 Å². The summed E-state index contributed by atoms with van der Waals surface area (Å²) in [5, 5.41) is 8.78. The second-order valence-corrected chi connectivity index (χ2v) is 4.88. The first-order valence-corrected chi connectivity index (χ1v) is 6.59. The molecule has 0 spiro atoms. The van der Waals surface area contributed by atoms with Crippen molar-refractivity contribution in [3.05, 3.63) is 29.8 Å². The van der Waals surface area contributed by atoms with Crippen molar-refractivity contribution >= 4 is 5.97 Å². The average molecular weight is 264 g/mol. The molecule has 0 aromatic heterocycles. The van der Waals surface area contributed by atoms with Crippen LogP contribution in [-0.4, -0.2) is 48.3 Å². The Bertz CT molecular complexity index is 419. The number of nitrogens with zero attached hydrogens (tertiary/aromatic N) is 1. The van der Waals surface area contributed by atoms with Crippen molar-refractivity contribution in [3.63, 3.8) is 0 Å². The van der Waals surface area contributed by atoms with E-state index < -0.39 is 5.97 Å². The summed E-state index contributed by atoms with van der Waals surface area (Å²) in [5.74, 6) is -0.208. The number of hydrogen-bond acceptors (Lipinski definition) is 4. The number of carboxylic acids is 1. The molecule has 1 aromatic carbocycles. The molecule has 1 aromatic rings. The highest BCUT2D eigenvalue weighted by Crippen LogP contribution is 2.13. The molecule has 2 rings (SSSR count). The van der Waals surface area contributed by atoms with Gasteiger partial charge in [-0.1, -0.05) is 0 Å². The van der Waals surface area contributed by atoms with Gasteiger partial charge in [-0.15, -0.1) is 0 Å². The van der Waals surface area contributed by atoms with E-state index in [1.807, 2.05) is 0 Å². The van der Waals surface area contributed by atoms with Gasteiger partial charge < -0.3 is 20.5 Å². The van der Waals surface area contributed by atoms with E-state index in [9.17, 15) is 4.79 Å². The number of carboxylic acid groups (broad SMARTS) is 1. The van der Waals surface area contributed by atoms with E-state index in [-0.39, 0.29) is 5.56 Å². The van der Waals surface area contributed by atoms with Crippen molar-refractivity contribution in [2.45, 2.75) is 18.9 Å². The number of aromatic carboxylic acids is 1. The van der Waals surface area contributed by atoms with Gasteiger partial charge in [0.15, 0.2) is 0 Å². The lowest BCUT2D eigenvalue weighted by Gasteiger charge is -2.15. The summed E-state index contributed by atoms with van der Waals surface area (Å²) >= 11 is 0. The van der Waals surface area contributed by atoms with Gasteiger partial charge >= 0.3 is 5.97 Å². The molecular weight excluding hydrogens is 244 g/mol. The smallest absolute Gasteiger partial charge is 0.335 e. The largest absolute Gasteiger partial charge is 0.494 e. The zero-order valence-electron chi connectivity index (χ0n) is 10.9. The van der Waals surface area contributed by atoms with E-state index in [4.69, 9.17) is 15.6 Å². The zero-order chi connectivity index (χ0) is 13.7. The van der Waals surface area contributed by atoms with Crippen LogP contribution in [0.1, 0.15) is 23.2 Å². The fourth-order valence-corrected chi connectivity index (χ4v) is 2.24. The number of ether oxygens (including phenoxy) is 1. The summed E-state index contributed by atoms with van der Waals surface area (Å²) in [4.78, 5) is 13.0. The van der Waals surface area contributed by atoms with E-state index in [0.717, 1.165) is 32.5 Å². The average Bonchev–Trinajstić information content (AvgIpc) is 2.81. The second kappa shape index (κ2) is 6.54. The topological polar surface area (TPSA) is 75.8 Å². The van der Waals surface area contributed by atoms with Gasteiger partial charge in [-0.2, -0.15) is 0 Å². The molecule has 0 radical (unpaired) electrons. The van der Waals surface area contributed by atoms with Crippen molar-refractivity contribution in [1.29, 1.82) is 0 Å². The molecule has 1 aliphatic rings. The van der Waals surface area contributed by atoms with Crippen LogP contribution < -0.4 is 10.5 Å². The maximum Gasteiger partial charge on any atom is 0.335 e. The Morgan fingerprint density at radius 2 is 2.16 bits per heavy atom. The Morgan fingerprint density at radius 1 is 1.42 bits per heavy atom. The highest BCUT2D eigenvalue weighted by molar-refractivity contribution is 5.87. The molecule has 1 aliphatic heterocycles. The lowest BCUT2D eigenvalue weighted by molar-refractivity contribution is 0.0697. The number of hydrogen-bond donors (Lipinski definition) is 2. The van der Waals surface area contributed by atoms with E-state index in [0.29, 0.717) is 18.4 Å². The third-order valence-corrected chi connectivity index (χ3v) is 3.30. The van der Waals surface area contributed by atoms with Crippen LogP contribution in [0, 0.1) is 0 Å². The summed E-state index contributed by atoms with van der Waals surface area (Å²) in [6.45, 7) is 3.70. The first-order valence-electron chi connectivity index (χ1n) is 6.59. The maximum atomic E-state index is 10.7. The van der Waals surface area contributed by atoms with E-state index >= 15 is 0 Å². The Morgan fingerprint density at radius 3 is 2.74 bits per heavy atom. The van der Waals surface area contributed by atoms with E-state index in [1.165, 1.54) is 0 Å². The molecule has 1 atom stereocenters. The fraction of sp³-hybridized carbons (Fsp3) is 0.500. The Balaban J connectivity index is 1.66. The van der Waals surface area contributed by atoms with Crippen LogP contribution in [0.4, 0.5) is 0 Å². The zero-order valence-corrected chi connectivity index (χ0v) is 10.9. The molecule has 3 N–H and O–H groups in total. The Hall–Kier alpha value is -1.59. The maximum absolute atomic E-state index is 10.7. The number of rotatable bonds is 6. The van der Waals surface area contributed by atoms with Gasteiger partial charge in [0.2, 0.25) is 0 Å². The first-order chi connectivity index (χ1) is 9.15. The van der Waals surface area contributed by atoms with Crippen molar-refractivity contribution in [2.75, 3.05) is 26.2 Å². The lowest BCUT2D eigenvalue weighted by Crippen LogP contribution is -2.28. The number of benzene rings is 1. The molecule has 104 valence electrons. The third-order valence-electron chi connectivity index (χ3n) is 3.30. The summed E-state index contributed by atoms with van der Waals surface area (Å²) < 4.78 is 5.58. The van der Waals surface area contributed by atoms with Gasteiger partial charge in [0.25, 0.3) is 0 Å². The van der Waals surface area contributed by atoms with Crippen LogP contribution in [-0.2, 0) is 0 Å². The van der Waals surface area contributed by atoms with Crippen LogP contribution in [0.15, 0.2) is 24.3 Å². The summed E-state index contributed by atoms with van der Waals surface area (Å²) in [6, 6.07) is 6.81. The number of nitrogens with two attached hydrogens (primary N) is 1. The highest BCUT2D eigenvalue weighted by atomic mass is 16.5. The van der Waals surface area contributed by atoms with Gasteiger partial charge in [-0.05, 0) is 43.7 Å². The van der Waals surface area contributed by atoms with Crippen LogP contribution in [0.25, 0.3) is 0 Å². The molecular formula is C14H20N2O3. The number of carbonyl (C=O) groups is 1. The van der Waals surface area contributed by atoms with Crippen molar-refractivity contribution in [3.8, 4) is 5.75 Å². The molecule has 5 nitrogen and oxygen atoms in total. The minimum atomic E-state index is -0.920. The molecule has 19 heavy (non-hydrogen) atoms. The van der Waals surface area contributed by atoms with Gasteiger partial charge in [-0.3, -0.25) is 0 Å². The molecule has 1 saturated heterocycles. The van der Waals surface area contributed by atoms with Gasteiger partial charge in [0, 0.05) is 19.1 Å². The summed E-state index contributed by atoms with van der Waals surface area (Å²) in [7, 11) is 0. The summed E-state index contributed by atoms with van der Waals surface area (Å²) in [5.41, 5.74) is 6.11. The van der Waals surface area contributed by atoms with Crippen LogP contribution in [0.5, 0.6) is 5.75 Å². The SMILES string of the molecule is N[C@@H]1CCN(CCCOc2ccc(C(=O)O)cc2)C1. The van der Waals surface area contributed by atoms with E-state index in [2.05, 4.69) is 4.90 Å². The quantitative estimate of drug-likeness (QED) is 0.755. The molecule has 0 amide bonds. The lowest BCUT2D eigenvalue weighted by atomic mass is 10.2. The van der Waals surface area contributed by atoms with Gasteiger partial charge in [-0.25, -0.2) is 4.79 Å². The number of likely N-dealkylation sites (tertiary alicyclic amines) is 1. The van der Waals surface area contributed by atoms with Crippen molar-refractivity contribution < 1.29 is 14.6 Å². The summed E-state index contributed by atoms with van der Waals surface area (Å²) in [6.07, 6.45) is 2.03. The molecule has 0 saturated carbocycles. The minimum absolute atomic E-state index is 0.276. The molecule has 0 unspecified atom stereocenters. The highest BCUT2D eigenvalue weighted by Gasteiger charge is 2.17. The monoisotopic (exact) mass is 264 g/mol. The molecule has 0 bridgehead atoms. The van der Waals surface area contributed by atoms with E-state index in [1.54, 1.807) is 24.3 Å². The molecule has 5 heteroatoms. The Labute approximate surface area is 113 Å². The molecule has 1 fully saturated rings. The Kier molecular flexibility index (Phi) is 4.76. The van der Waals surface area contributed by atoms with Crippen LogP contribution in [0.2, 0.25) is 0 Å². The van der Waals surface area contributed by atoms with Crippen LogP contribution in [0.3, 0.4) is 0 Å². The predicted molar refractivity (Wildman–Crippen MR) is 72.5 cm³/mol. The third kappa shape index (κ3) is 4.22. The standard InChI is InChI=1S/C14H20N2O3/c15-12-6-8-16(10-12)7-1-9-19-13-4-2-11(3-5-13)14(17)18/h2-5,12H,1,6-10,15H2,(H,17,18)/t12-/m1/s1. The van der Waals surface area contributed by atoms with Crippen molar-refractivity contribution in [2.24, 2.45) is 5.73 Å². The van der Waals surface area contributed by atoms with Crippen molar-refractivity contribution in [1.82, 2.24) is 4.90 Å². The minimum Gasteiger partial charge on any atom is -0.494 e. The molecule has 1 heterocycles. The fourth-order valence-electron chi connectivity index (χ4n) is 2.24. The second-order valence-electron chi connectivity index (χ2n) is 4.88. The molecule has 0 aliphatic carbocycles. The van der Waals surface area contributed by atoms with Gasteiger partial charge in [0.1, 0.15) is 5.75 Å².